The first-order valence-corrected chi connectivity index (χ1v) is 16.3. The van der Waals surface area contributed by atoms with Gasteiger partial charge in [0.25, 0.3) is 15.9 Å². The fourth-order valence-electron chi connectivity index (χ4n) is 3.93. The van der Waals surface area contributed by atoms with Crippen LogP contribution in [0.2, 0.25) is 0 Å². The number of carbonyl (C=O) groups is 1. The third-order valence-electron chi connectivity index (χ3n) is 5.98. The van der Waals surface area contributed by atoms with Crippen molar-refractivity contribution in [3.05, 3.63) is 126 Å². The van der Waals surface area contributed by atoms with Crippen molar-refractivity contribution in [2.75, 3.05) is 12.3 Å². The van der Waals surface area contributed by atoms with Crippen molar-refractivity contribution >= 4 is 37.7 Å². The van der Waals surface area contributed by atoms with E-state index in [2.05, 4.69) is 21.8 Å². The second kappa shape index (κ2) is 13.2. The fourth-order valence-corrected chi connectivity index (χ4v) is 6.35. The molecule has 208 valence electrons. The maximum absolute atomic E-state index is 12.8. The highest BCUT2D eigenvalue weighted by Gasteiger charge is 2.19. The van der Waals surface area contributed by atoms with E-state index in [0.29, 0.717) is 13.1 Å². The number of sulfonamides is 2. The van der Waals surface area contributed by atoms with Gasteiger partial charge in [-0.25, -0.2) is 26.7 Å². The number of nitrogens with zero attached hydrogens (tertiary/aromatic N) is 1. The molecule has 3 N–H and O–H groups in total. The summed E-state index contributed by atoms with van der Waals surface area (Å²) in [6.07, 6.45) is 0. The van der Waals surface area contributed by atoms with Gasteiger partial charge in [-0.15, -0.1) is 11.8 Å². The van der Waals surface area contributed by atoms with Gasteiger partial charge in [0.1, 0.15) is 0 Å². The van der Waals surface area contributed by atoms with E-state index in [-0.39, 0.29) is 15.4 Å². The van der Waals surface area contributed by atoms with Gasteiger partial charge in [-0.2, -0.15) is 0 Å². The van der Waals surface area contributed by atoms with Gasteiger partial charge in [-0.3, -0.25) is 9.69 Å². The Hall–Kier alpha value is -3.48. The van der Waals surface area contributed by atoms with E-state index in [9.17, 15) is 21.6 Å². The van der Waals surface area contributed by atoms with Crippen LogP contribution in [-0.2, 0) is 33.1 Å². The van der Waals surface area contributed by atoms with Crippen molar-refractivity contribution in [2.45, 2.75) is 27.8 Å². The molecule has 0 aliphatic carbocycles. The Morgan fingerprint density at radius 2 is 1.20 bits per heavy atom. The maximum atomic E-state index is 12.8. The Balaban J connectivity index is 1.45. The SMILES string of the molecule is NS(=O)(=O)c1ccc(CN(CCSc2ccccc2)Cc2ccc(S(=O)(=O)NC(=O)c3ccccc3)cc2)cc1. The molecule has 0 atom stereocenters. The standard InChI is InChI=1S/C29H29N3O5S3/c30-39(34,35)27-15-11-23(12-16-27)21-32(19-20-38-26-9-5-2-6-10-26)22-24-13-17-28(18-14-24)40(36,37)31-29(33)25-7-3-1-4-8-25/h1-18H,19-22H2,(H,31,33)(H2,30,34,35). The van der Waals surface area contributed by atoms with E-state index in [0.717, 1.165) is 28.3 Å². The molecule has 0 saturated carbocycles. The van der Waals surface area contributed by atoms with Gasteiger partial charge in [0.05, 0.1) is 9.79 Å². The predicted molar refractivity (Wildman–Crippen MR) is 157 cm³/mol. The third kappa shape index (κ3) is 8.51. The van der Waals surface area contributed by atoms with Gasteiger partial charge in [-0.1, -0.05) is 60.7 Å². The monoisotopic (exact) mass is 595 g/mol. The van der Waals surface area contributed by atoms with Crippen LogP contribution in [0, 0.1) is 0 Å². The molecule has 1 amide bonds. The molecule has 40 heavy (non-hydrogen) atoms. The zero-order valence-electron chi connectivity index (χ0n) is 21.5. The molecule has 0 aromatic heterocycles. The van der Waals surface area contributed by atoms with Crippen LogP contribution in [0.5, 0.6) is 0 Å². The van der Waals surface area contributed by atoms with Gasteiger partial charge >= 0.3 is 0 Å². The summed E-state index contributed by atoms with van der Waals surface area (Å²) in [6, 6.07) is 31.1. The van der Waals surface area contributed by atoms with E-state index < -0.39 is 26.0 Å². The Kier molecular flexibility index (Phi) is 9.77. The molecule has 0 saturated heterocycles. The predicted octanol–water partition coefficient (Wildman–Crippen LogP) is 4.25. The fraction of sp³-hybridized carbons (Fsp3) is 0.138. The molecule has 0 spiro atoms. The molecular formula is C29H29N3O5S3. The van der Waals surface area contributed by atoms with E-state index in [1.54, 1.807) is 66.4 Å². The van der Waals surface area contributed by atoms with Gasteiger partial charge in [-0.05, 0) is 59.7 Å². The number of amides is 1. The van der Waals surface area contributed by atoms with Crippen LogP contribution in [0.3, 0.4) is 0 Å². The normalized spacial score (nSPS) is 11.8. The molecular weight excluding hydrogens is 567 g/mol. The summed E-state index contributed by atoms with van der Waals surface area (Å²) in [5, 5.41) is 5.22. The number of nitrogens with two attached hydrogens (primary N) is 1. The third-order valence-corrected chi connectivity index (χ3v) is 9.25. The number of benzene rings is 4. The van der Waals surface area contributed by atoms with E-state index >= 15 is 0 Å². The number of nitrogens with one attached hydrogen (secondary N) is 1. The lowest BCUT2D eigenvalue weighted by Crippen LogP contribution is -2.30. The molecule has 11 heteroatoms. The first kappa shape index (κ1) is 29.5. The highest BCUT2D eigenvalue weighted by Crippen LogP contribution is 2.20. The molecule has 4 rings (SSSR count). The Morgan fingerprint density at radius 3 is 1.73 bits per heavy atom. The van der Waals surface area contributed by atoms with Gasteiger partial charge in [0, 0.05) is 35.8 Å². The van der Waals surface area contributed by atoms with Gasteiger partial charge in [0.15, 0.2) is 0 Å². The smallest absolute Gasteiger partial charge is 0.264 e. The minimum absolute atomic E-state index is 0.00898. The molecule has 4 aromatic carbocycles. The lowest BCUT2D eigenvalue weighted by atomic mass is 10.1. The molecule has 0 heterocycles. The van der Waals surface area contributed by atoms with Crippen molar-refractivity contribution in [1.82, 2.24) is 9.62 Å². The molecule has 8 nitrogen and oxygen atoms in total. The summed E-state index contributed by atoms with van der Waals surface area (Å²) >= 11 is 1.73. The van der Waals surface area contributed by atoms with Crippen LogP contribution >= 0.6 is 11.8 Å². The first-order valence-electron chi connectivity index (χ1n) is 12.3. The van der Waals surface area contributed by atoms with Crippen molar-refractivity contribution in [3.8, 4) is 0 Å². The Morgan fingerprint density at radius 1 is 0.700 bits per heavy atom. The highest BCUT2D eigenvalue weighted by atomic mass is 32.2. The van der Waals surface area contributed by atoms with Crippen LogP contribution in [0.1, 0.15) is 21.5 Å². The molecule has 0 aliphatic rings. The second-order valence-electron chi connectivity index (χ2n) is 9.01. The molecule has 0 aliphatic heterocycles. The topological polar surface area (TPSA) is 127 Å². The largest absolute Gasteiger partial charge is 0.294 e. The summed E-state index contributed by atoms with van der Waals surface area (Å²) in [7, 11) is -7.81. The summed E-state index contributed by atoms with van der Waals surface area (Å²) in [6.45, 7) is 1.81. The maximum Gasteiger partial charge on any atom is 0.264 e. The number of hydrogen-bond donors (Lipinski definition) is 2. The highest BCUT2D eigenvalue weighted by molar-refractivity contribution is 7.99. The Bertz CT molecular complexity index is 1630. The van der Waals surface area contributed by atoms with Crippen molar-refractivity contribution < 1.29 is 21.6 Å². The number of carbonyl (C=O) groups excluding carboxylic acids is 1. The van der Waals surface area contributed by atoms with Crippen LogP contribution in [-0.4, -0.2) is 39.9 Å². The second-order valence-corrected chi connectivity index (χ2v) is 13.4. The number of hydrogen-bond acceptors (Lipinski definition) is 7. The van der Waals surface area contributed by atoms with Crippen LogP contribution in [0.15, 0.2) is 124 Å². The summed E-state index contributed by atoms with van der Waals surface area (Å²) < 4.78 is 50.9. The van der Waals surface area contributed by atoms with Crippen molar-refractivity contribution in [1.29, 1.82) is 0 Å². The van der Waals surface area contributed by atoms with Gasteiger partial charge < -0.3 is 0 Å². The zero-order valence-corrected chi connectivity index (χ0v) is 24.0. The number of thioether (sulfide) groups is 1. The van der Waals surface area contributed by atoms with Crippen LogP contribution < -0.4 is 9.86 Å². The zero-order chi connectivity index (χ0) is 28.6. The summed E-state index contributed by atoms with van der Waals surface area (Å²) in [5.74, 6) is 0.122. The van der Waals surface area contributed by atoms with E-state index in [1.807, 2.05) is 18.2 Å². The summed E-state index contributed by atoms with van der Waals surface area (Å²) in [5.41, 5.74) is 2.06. The summed E-state index contributed by atoms with van der Waals surface area (Å²) in [4.78, 5) is 15.8. The average Bonchev–Trinajstić information content (AvgIpc) is 2.94. The molecule has 4 aromatic rings. The molecule has 0 bridgehead atoms. The lowest BCUT2D eigenvalue weighted by molar-refractivity contribution is 0.0981. The Labute approximate surface area is 239 Å². The van der Waals surface area contributed by atoms with E-state index in [1.165, 1.54) is 24.3 Å². The minimum atomic E-state index is -4.04. The lowest BCUT2D eigenvalue weighted by Gasteiger charge is -2.23. The number of primary sulfonamides is 1. The van der Waals surface area contributed by atoms with Gasteiger partial charge in [0.2, 0.25) is 10.0 Å². The van der Waals surface area contributed by atoms with E-state index in [4.69, 9.17) is 5.14 Å². The van der Waals surface area contributed by atoms with Crippen molar-refractivity contribution in [3.63, 3.8) is 0 Å². The van der Waals surface area contributed by atoms with Crippen LogP contribution in [0.4, 0.5) is 0 Å². The number of rotatable bonds is 12. The minimum Gasteiger partial charge on any atom is -0.294 e. The molecule has 0 radical (unpaired) electrons. The van der Waals surface area contributed by atoms with Crippen molar-refractivity contribution in [2.24, 2.45) is 5.14 Å². The molecule has 0 unspecified atom stereocenters. The first-order chi connectivity index (χ1) is 19.1. The van der Waals surface area contributed by atoms with Crippen LogP contribution in [0.25, 0.3) is 0 Å². The quantitative estimate of drug-likeness (QED) is 0.235. The molecule has 0 fully saturated rings. The average molecular weight is 596 g/mol.